The minimum Gasteiger partial charge on any atom is -0.497 e. The monoisotopic (exact) mass is 358 g/mol. The summed E-state index contributed by atoms with van der Waals surface area (Å²) in [4.78, 5) is 13.0. The molecular formula is C21H30N2O3. The van der Waals surface area contributed by atoms with Gasteiger partial charge in [-0.05, 0) is 44.4 Å². The zero-order valence-corrected chi connectivity index (χ0v) is 16.0. The van der Waals surface area contributed by atoms with Crippen molar-refractivity contribution >= 4 is 16.8 Å². The van der Waals surface area contributed by atoms with E-state index in [1.807, 2.05) is 26.0 Å². The standard InChI is InChI=1S/C21H30N2O3/c1-4-15(13-24)22-21(25)20-14(2)23(16-8-6-5-7-9-16)19-11-10-17(26-3)12-18(19)20/h10-12,15-16,24H,4-9,13H2,1-3H3,(H,22,25). The van der Waals surface area contributed by atoms with Crippen molar-refractivity contribution < 1.29 is 14.6 Å². The number of carbonyl (C=O) groups excluding carboxylic acids is 1. The molecule has 1 heterocycles. The van der Waals surface area contributed by atoms with Gasteiger partial charge in [-0.15, -0.1) is 0 Å². The number of nitrogens with zero attached hydrogens (tertiary/aromatic N) is 1. The van der Waals surface area contributed by atoms with Crippen LogP contribution in [0.25, 0.3) is 10.9 Å². The van der Waals surface area contributed by atoms with E-state index >= 15 is 0 Å². The van der Waals surface area contributed by atoms with Crippen LogP contribution in [0, 0.1) is 6.92 Å². The maximum absolute atomic E-state index is 13.0. The molecule has 3 rings (SSSR count). The van der Waals surface area contributed by atoms with Gasteiger partial charge in [-0.1, -0.05) is 26.2 Å². The van der Waals surface area contributed by atoms with Crippen molar-refractivity contribution in [3.05, 3.63) is 29.5 Å². The highest BCUT2D eigenvalue weighted by Gasteiger charge is 2.26. The Labute approximate surface area is 155 Å². The van der Waals surface area contributed by atoms with Gasteiger partial charge >= 0.3 is 0 Å². The molecule has 0 bridgehead atoms. The smallest absolute Gasteiger partial charge is 0.254 e. The van der Waals surface area contributed by atoms with Gasteiger partial charge in [-0.2, -0.15) is 0 Å². The lowest BCUT2D eigenvalue weighted by Crippen LogP contribution is -2.37. The fourth-order valence-corrected chi connectivity index (χ4v) is 4.18. The molecule has 1 aromatic heterocycles. The molecule has 1 aliphatic rings. The van der Waals surface area contributed by atoms with Gasteiger partial charge in [0.05, 0.1) is 25.3 Å². The minimum atomic E-state index is -0.222. The lowest BCUT2D eigenvalue weighted by Gasteiger charge is -2.26. The molecule has 142 valence electrons. The Morgan fingerprint density at radius 3 is 2.69 bits per heavy atom. The molecule has 1 saturated carbocycles. The van der Waals surface area contributed by atoms with Crippen LogP contribution in [-0.2, 0) is 0 Å². The molecule has 1 fully saturated rings. The van der Waals surface area contributed by atoms with Gasteiger partial charge in [0.15, 0.2) is 0 Å². The Kier molecular flexibility index (Phi) is 5.87. The van der Waals surface area contributed by atoms with Gasteiger partial charge < -0.3 is 19.7 Å². The van der Waals surface area contributed by atoms with Crippen molar-refractivity contribution in [1.82, 2.24) is 9.88 Å². The molecule has 1 unspecified atom stereocenters. The Bertz CT molecular complexity index is 771. The number of aliphatic hydroxyl groups is 1. The van der Waals surface area contributed by atoms with Gasteiger partial charge in [0, 0.05) is 22.6 Å². The quantitative estimate of drug-likeness (QED) is 0.821. The van der Waals surface area contributed by atoms with Crippen LogP contribution in [0.15, 0.2) is 18.2 Å². The molecule has 5 heteroatoms. The molecule has 1 atom stereocenters. The summed E-state index contributed by atoms with van der Waals surface area (Å²) in [6, 6.07) is 6.21. The fraction of sp³-hybridized carbons (Fsp3) is 0.571. The zero-order chi connectivity index (χ0) is 18.7. The van der Waals surface area contributed by atoms with E-state index in [1.54, 1.807) is 7.11 Å². The summed E-state index contributed by atoms with van der Waals surface area (Å²) in [5, 5.41) is 13.4. The van der Waals surface area contributed by atoms with E-state index in [0.717, 1.165) is 35.2 Å². The molecule has 0 radical (unpaired) electrons. The zero-order valence-electron chi connectivity index (χ0n) is 16.0. The van der Waals surface area contributed by atoms with E-state index in [4.69, 9.17) is 4.74 Å². The van der Waals surface area contributed by atoms with Crippen molar-refractivity contribution in [3.8, 4) is 5.75 Å². The first-order valence-electron chi connectivity index (χ1n) is 9.70. The Hall–Kier alpha value is -2.01. The number of hydrogen-bond acceptors (Lipinski definition) is 3. The van der Waals surface area contributed by atoms with Crippen LogP contribution in [-0.4, -0.2) is 35.3 Å². The van der Waals surface area contributed by atoms with Gasteiger partial charge in [0.2, 0.25) is 0 Å². The van der Waals surface area contributed by atoms with Crippen molar-refractivity contribution in [2.75, 3.05) is 13.7 Å². The number of fused-ring (bicyclic) bond motifs is 1. The van der Waals surface area contributed by atoms with Crippen molar-refractivity contribution in [3.63, 3.8) is 0 Å². The number of aromatic nitrogens is 1. The van der Waals surface area contributed by atoms with E-state index in [0.29, 0.717) is 18.0 Å². The molecule has 1 aromatic carbocycles. The number of aliphatic hydroxyl groups excluding tert-OH is 1. The molecule has 1 amide bonds. The average molecular weight is 358 g/mol. The van der Waals surface area contributed by atoms with Crippen molar-refractivity contribution in [2.24, 2.45) is 0 Å². The largest absolute Gasteiger partial charge is 0.497 e. The van der Waals surface area contributed by atoms with Crippen LogP contribution in [0.5, 0.6) is 5.75 Å². The fourth-order valence-electron chi connectivity index (χ4n) is 4.18. The molecule has 2 aromatic rings. The van der Waals surface area contributed by atoms with E-state index in [-0.39, 0.29) is 18.6 Å². The molecule has 1 aliphatic carbocycles. The summed E-state index contributed by atoms with van der Waals surface area (Å²) < 4.78 is 7.74. The number of ether oxygens (including phenoxy) is 1. The summed E-state index contributed by atoms with van der Waals surface area (Å²) >= 11 is 0. The molecule has 26 heavy (non-hydrogen) atoms. The molecule has 0 saturated heterocycles. The Morgan fingerprint density at radius 2 is 2.08 bits per heavy atom. The van der Waals surface area contributed by atoms with Crippen LogP contribution in [0.3, 0.4) is 0 Å². The molecule has 5 nitrogen and oxygen atoms in total. The van der Waals surface area contributed by atoms with E-state index < -0.39 is 0 Å². The topological polar surface area (TPSA) is 63.5 Å². The summed E-state index contributed by atoms with van der Waals surface area (Å²) in [7, 11) is 1.64. The van der Waals surface area contributed by atoms with Gasteiger partial charge in [0.25, 0.3) is 5.91 Å². The van der Waals surface area contributed by atoms with Gasteiger partial charge in [-0.25, -0.2) is 0 Å². The summed E-state index contributed by atoms with van der Waals surface area (Å²) in [5.41, 5.74) is 2.80. The Morgan fingerprint density at radius 1 is 1.35 bits per heavy atom. The maximum Gasteiger partial charge on any atom is 0.254 e. The van der Waals surface area contributed by atoms with Gasteiger partial charge in [0.1, 0.15) is 5.75 Å². The first-order chi connectivity index (χ1) is 12.6. The predicted octanol–water partition coefficient (Wildman–Crippen LogP) is 3.96. The Balaban J connectivity index is 2.11. The highest BCUT2D eigenvalue weighted by molar-refractivity contribution is 6.09. The summed E-state index contributed by atoms with van der Waals surface area (Å²) in [5.74, 6) is 0.637. The third-order valence-electron chi connectivity index (χ3n) is 5.67. The molecule has 2 N–H and O–H groups in total. The lowest BCUT2D eigenvalue weighted by molar-refractivity contribution is 0.0915. The lowest BCUT2D eigenvalue weighted by atomic mass is 9.95. The second kappa shape index (κ2) is 8.12. The molecule has 0 aliphatic heterocycles. The number of carbonyl (C=O) groups is 1. The maximum atomic E-state index is 13.0. The van der Waals surface area contributed by atoms with E-state index in [1.165, 1.54) is 19.3 Å². The SMILES string of the molecule is CCC(CO)NC(=O)c1c(C)n(C2CCCCC2)c2ccc(OC)cc12. The number of amides is 1. The summed E-state index contributed by atoms with van der Waals surface area (Å²) in [6.45, 7) is 3.95. The highest BCUT2D eigenvalue weighted by atomic mass is 16.5. The van der Waals surface area contributed by atoms with Crippen molar-refractivity contribution in [2.45, 2.75) is 64.5 Å². The predicted molar refractivity (Wildman–Crippen MR) is 104 cm³/mol. The second-order valence-corrected chi connectivity index (χ2v) is 7.27. The van der Waals surface area contributed by atoms with Crippen LogP contribution in [0.2, 0.25) is 0 Å². The third-order valence-corrected chi connectivity index (χ3v) is 5.67. The van der Waals surface area contributed by atoms with E-state index in [2.05, 4.69) is 16.0 Å². The molecular weight excluding hydrogens is 328 g/mol. The van der Waals surface area contributed by atoms with Crippen LogP contribution < -0.4 is 10.1 Å². The first kappa shape index (κ1) is 18.8. The number of methoxy groups -OCH3 is 1. The number of rotatable bonds is 6. The second-order valence-electron chi connectivity index (χ2n) is 7.27. The highest BCUT2D eigenvalue weighted by Crippen LogP contribution is 2.37. The minimum absolute atomic E-state index is 0.0497. The normalized spacial score (nSPS) is 16.6. The van der Waals surface area contributed by atoms with E-state index in [9.17, 15) is 9.90 Å². The first-order valence-corrected chi connectivity index (χ1v) is 9.70. The van der Waals surface area contributed by atoms with Crippen LogP contribution >= 0.6 is 0 Å². The number of nitrogens with one attached hydrogen (secondary N) is 1. The summed E-state index contributed by atoms with van der Waals surface area (Å²) in [6.07, 6.45) is 6.79. The van der Waals surface area contributed by atoms with Gasteiger partial charge in [-0.3, -0.25) is 4.79 Å². The number of hydrogen-bond donors (Lipinski definition) is 2. The van der Waals surface area contributed by atoms with Crippen molar-refractivity contribution in [1.29, 1.82) is 0 Å². The average Bonchev–Trinajstić information content (AvgIpc) is 2.97. The van der Waals surface area contributed by atoms with Crippen LogP contribution in [0.1, 0.15) is 67.5 Å². The van der Waals surface area contributed by atoms with Crippen LogP contribution in [0.4, 0.5) is 0 Å². The molecule has 0 spiro atoms. The number of benzene rings is 1. The third kappa shape index (κ3) is 3.45.